The van der Waals surface area contributed by atoms with Gasteiger partial charge in [0, 0.05) is 6.04 Å². The van der Waals surface area contributed by atoms with E-state index in [1.54, 1.807) is 12.1 Å². The number of nitrogens with one attached hydrogen (secondary N) is 1. The van der Waals surface area contributed by atoms with Crippen LogP contribution in [0.5, 0.6) is 0 Å². The fourth-order valence-electron chi connectivity index (χ4n) is 2.39. The van der Waals surface area contributed by atoms with Crippen molar-refractivity contribution < 1.29 is 9.50 Å². The summed E-state index contributed by atoms with van der Waals surface area (Å²) in [5.41, 5.74) is 0.803. The minimum absolute atomic E-state index is 0.256. The molecule has 17 heavy (non-hydrogen) atoms. The first-order valence-corrected chi connectivity index (χ1v) is 6.42. The zero-order valence-electron chi connectivity index (χ0n) is 10.0. The molecule has 0 amide bonds. The highest BCUT2D eigenvalue weighted by Crippen LogP contribution is 2.22. The molecule has 1 aliphatic rings. The maximum atomic E-state index is 12.8. The predicted octanol–water partition coefficient (Wildman–Crippen LogP) is 2.78. The summed E-state index contributed by atoms with van der Waals surface area (Å²) in [6.45, 7) is 1.04. The Labute approximate surface area is 102 Å². The van der Waals surface area contributed by atoms with E-state index in [0.29, 0.717) is 12.5 Å². The van der Waals surface area contributed by atoms with Gasteiger partial charge in [-0.3, -0.25) is 0 Å². The first kappa shape index (κ1) is 12.5. The molecule has 0 aromatic heterocycles. The van der Waals surface area contributed by atoms with Crippen LogP contribution < -0.4 is 5.32 Å². The van der Waals surface area contributed by atoms with Crippen molar-refractivity contribution in [3.63, 3.8) is 0 Å². The molecule has 0 radical (unpaired) electrons. The topological polar surface area (TPSA) is 32.3 Å². The molecule has 94 valence electrons. The van der Waals surface area contributed by atoms with Crippen LogP contribution in [0.15, 0.2) is 24.3 Å². The average molecular weight is 237 g/mol. The van der Waals surface area contributed by atoms with E-state index in [9.17, 15) is 9.50 Å². The van der Waals surface area contributed by atoms with E-state index >= 15 is 0 Å². The van der Waals surface area contributed by atoms with E-state index in [-0.39, 0.29) is 5.82 Å². The second-order valence-corrected chi connectivity index (χ2v) is 4.80. The van der Waals surface area contributed by atoms with Crippen molar-refractivity contribution in [3.8, 4) is 0 Å². The van der Waals surface area contributed by atoms with Gasteiger partial charge in [-0.15, -0.1) is 0 Å². The third-order valence-corrected chi connectivity index (χ3v) is 3.42. The molecule has 2 rings (SSSR count). The van der Waals surface area contributed by atoms with E-state index in [2.05, 4.69) is 5.32 Å². The second-order valence-electron chi connectivity index (χ2n) is 4.80. The van der Waals surface area contributed by atoms with Gasteiger partial charge in [-0.25, -0.2) is 4.39 Å². The smallest absolute Gasteiger partial charge is 0.123 e. The van der Waals surface area contributed by atoms with Crippen molar-refractivity contribution >= 4 is 0 Å². The van der Waals surface area contributed by atoms with E-state index in [0.717, 1.165) is 18.5 Å². The van der Waals surface area contributed by atoms with E-state index in [1.807, 2.05) is 0 Å². The normalized spacial score (nSPS) is 23.1. The molecule has 0 saturated carbocycles. The van der Waals surface area contributed by atoms with Crippen LogP contribution in [0.2, 0.25) is 0 Å². The van der Waals surface area contributed by atoms with Gasteiger partial charge in [-0.2, -0.15) is 0 Å². The number of halogens is 1. The Morgan fingerprint density at radius 3 is 2.76 bits per heavy atom. The number of benzene rings is 1. The predicted molar refractivity (Wildman–Crippen MR) is 66.2 cm³/mol. The Kier molecular flexibility index (Phi) is 4.51. The lowest BCUT2D eigenvalue weighted by molar-refractivity contribution is 0.150. The summed E-state index contributed by atoms with van der Waals surface area (Å²) < 4.78 is 12.8. The second kappa shape index (κ2) is 6.12. The van der Waals surface area contributed by atoms with Crippen LogP contribution >= 0.6 is 0 Å². The van der Waals surface area contributed by atoms with Crippen molar-refractivity contribution in [1.29, 1.82) is 0 Å². The van der Waals surface area contributed by atoms with Gasteiger partial charge in [-0.1, -0.05) is 25.0 Å². The molecule has 2 unspecified atom stereocenters. The highest BCUT2D eigenvalue weighted by atomic mass is 19.1. The standard InChI is InChI=1S/C14H20FNO/c15-12-7-5-11(6-8-12)14(17)10-13-4-2-1-3-9-16-13/h5-8,13-14,16-17H,1-4,9-10H2. The monoisotopic (exact) mass is 237 g/mol. The fourth-order valence-corrected chi connectivity index (χ4v) is 2.39. The third-order valence-electron chi connectivity index (χ3n) is 3.42. The van der Waals surface area contributed by atoms with Crippen molar-refractivity contribution in [3.05, 3.63) is 35.6 Å². The summed E-state index contributed by atoms with van der Waals surface area (Å²) in [5.74, 6) is -0.256. The zero-order valence-corrected chi connectivity index (χ0v) is 10.0. The summed E-state index contributed by atoms with van der Waals surface area (Å²) in [5, 5.41) is 13.6. The average Bonchev–Trinajstić information content (AvgIpc) is 2.58. The molecule has 1 aliphatic heterocycles. The Morgan fingerprint density at radius 2 is 2.00 bits per heavy atom. The number of aliphatic hydroxyl groups excluding tert-OH is 1. The molecule has 1 aromatic rings. The van der Waals surface area contributed by atoms with Crippen molar-refractivity contribution in [2.75, 3.05) is 6.54 Å². The molecule has 3 heteroatoms. The molecule has 2 nitrogen and oxygen atoms in total. The molecule has 0 aliphatic carbocycles. The lowest BCUT2D eigenvalue weighted by Crippen LogP contribution is -2.29. The first-order valence-electron chi connectivity index (χ1n) is 6.42. The fraction of sp³-hybridized carbons (Fsp3) is 0.571. The molecule has 0 spiro atoms. The zero-order chi connectivity index (χ0) is 12.1. The van der Waals surface area contributed by atoms with Crippen LogP contribution in [0.1, 0.15) is 43.8 Å². The first-order chi connectivity index (χ1) is 8.25. The van der Waals surface area contributed by atoms with Crippen LogP contribution in [0.3, 0.4) is 0 Å². The third kappa shape index (κ3) is 3.79. The van der Waals surface area contributed by atoms with Gasteiger partial charge >= 0.3 is 0 Å². The van der Waals surface area contributed by atoms with E-state index in [4.69, 9.17) is 0 Å². The van der Waals surface area contributed by atoms with Gasteiger partial charge in [0.15, 0.2) is 0 Å². The highest BCUT2D eigenvalue weighted by molar-refractivity contribution is 5.18. The number of hydrogen-bond donors (Lipinski definition) is 2. The van der Waals surface area contributed by atoms with Gasteiger partial charge in [0.05, 0.1) is 6.10 Å². The minimum atomic E-state index is -0.494. The molecule has 2 atom stereocenters. The molecular weight excluding hydrogens is 217 g/mol. The largest absolute Gasteiger partial charge is 0.388 e. The number of hydrogen-bond acceptors (Lipinski definition) is 2. The summed E-state index contributed by atoms with van der Waals surface area (Å²) in [7, 11) is 0. The van der Waals surface area contributed by atoms with Gasteiger partial charge in [0.2, 0.25) is 0 Å². The van der Waals surface area contributed by atoms with E-state index in [1.165, 1.54) is 31.4 Å². The van der Waals surface area contributed by atoms with Gasteiger partial charge in [0.1, 0.15) is 5.82 Å². The van der Waals surface area contributed by atoms with Gasteiger partial charge in [0.25, 0.3) is 0 Å². The summed E-state index contributed by atoms with van der Waals surface area (Å²) in [6, 6.07) is 6.52. The maximum absolute atomic E-state index is 12.8. The van der Waals surface area contributed by atoms with Gasteiger partial charge in [-0.05, 0) is 43.5 Å². The lowest BCUT2D eigenvalue weighted by Gasteiger charge is -2.19. The lowest BCUT2D eigenvalue weighted by atomic mass is 9.99. The SMILES string of the molecule is OC(CC1CCCCCN1)c1ccc(F)cc1. The summed E-state index contributed by atoms with van der Waals surface area (Å²) in [4.78, 5) is 0. The summed E-state index contributed by atoms with van der Waals surface area (Å²) in [6.07, 6.45) is 5.07. The molecule has 2 N–H and O–H groups in total. The molecule has 1 fully saturated rings. The minimum Gasteiger partial charge on any atom is -0.388 e. The Balaban J connectivity index is 1.91. The Hall–Kier alpha value is -0.930. The quantitative estimate of drug-likeness (QED) is 0.847. The van der Waals surface area contributed by atoms with Crippen molar-refractivity contribution in [1.82, 2.24) is 5.32 Å². The molecule has 0 bridgehead atoms. The van der Waals surface area contributed by atoms with Crippen LogP contribution in [0, 0.1) is 5.82 Å². The van der Waals surface area contributed by atoms with Crippen LogP contribution in [0.4, 0.5) is 4.39 Å². The van der Waals surface area contributed by atoms with Crippen LogP contribution in [-0.2, 0) is 0 Å². The number of aliphatic hydroxyl groups is 1. The van der Waals surface area contributed by atoms with Crippen molar-refractivity contribution in [2.24, 2.45) is 0 Å². The van der Waals surface area contributed by atoms with Crippen LogP contribution in [0.25, 0.3) is 0 Å². The van der Waals surface area contributed by atoms with Crippen LogP contribution in [-0.4, -0.2) is 17.7 Å². The van der Waals surface area contributed by atoms with Crippen molar-refractivity contribution in [2.45, 2.75) is 44.2 Å². The Bertz CT molecular complexity index is 331. The summed E-state index contributed by atoms with van der Waals surface area (Å²) >= 11 is 0. The molecule has 1 heterocycles. The molecule has 1 saturated heterocycles. The maximum Gasteiger partial charge on any atom is 0.123 e. The Morgan fingerprint density at radius 1 is 1.24 bits per heavy atom. The van der Waals surface area contributed by atoms with E-state index < -0.39 is 6.10 Å². The molecule has 1 aromatic carbocycles. The number of rotatable bonds is 3. The van der Waals surface area contributed by atoms with Gasteiger partial charge < -0.3 is 10.4 Å². The molecular formula is C14H20FNO. The highest BCUT2D eigenvalue weighted by Gasteiger charge is 2.17.